The zero-order valence-electron chi connectivity index (χ0n) is 21.7. The van der Waals surface area contributed by atoms with E-state index in [0.29, 0.717) is 0 Å². The summed E-state index contributed by atoms with van der Waals surface area (Å²) >= 11 is 0. The van der Waals surface area contributed by atoms with Crippen molar-refractivity contribution in [3.63, 3.8) is 0 Å². The molecule has 0 bridgehead atoms. The molecule has 0 aliphatic heterocycles. The lowest BCUT2D eigenvalue weighted by Gasteiger charge is -2.08. The van der Waals surface area contributed by atoms with Crippen LogP contribution in [-0.2, 0) is 6.54 Å². The summed E-state index contributed by atoms with van der Waals surface area (Å²) in [6.45, 7) is 7.33. The van der Waals surface area contributed by atoms with Gasteiger partial charge in [0.15, 0.2) is 0 Å². The van der Waals surface area contributed by atoms with Crippen molar-refractivity contribution in [1.29, 1.82) is 0 Å². The number of para-hydroxylation sites is 2. The van der Waals surface area contributed by atoms with Gasteiger partial charge in [0.25, 0.3) is 0 Å². The molecule has 37 heavy (non-hydrogen) atoms. The molecule has 2 N–H and O–H groups in total. The maximum atomic E-state index is 4.64. The van der Waals surface area contributed by atoms with Crippen molar-refractivity contribution in [3.8, 4) is 0 Å². The molecule has 5 rings (SSSR count). The molecule has 0 fully saturated rings. The summed E-state index contributed by atoms with van der Waals surface area (Å²) in [5.41, 5.74) is 14.9. The second kappa shape index (κ2) is 11.1. The fourth-order valence-electron chi connectivity index (χ4n) is 4.56. The first kappa shape index (κ1) is 24.3. The molecule has 0 atom stereocenters. The topological polar surface area (TPSA) is 53.7 Å². The normalized spacial score (nSPS) is 12.3. The average Bonchev–Trinajstić information content (AvgIpc) is 3.26. The summed E-state index contributed by atoms with van der Waals surface area (Å²) in [7, 11) is 0. The van der Waals surface area contributed by atoms with Crippen molar-refractivity contribution >= 4 is 44.6 Å². The maximum Gasteiger partial charge on any atom is 0.0648 e. The van der Waals surface area contributed by atoms with Crippen molar-refractivity contribution in [2.45, 2.75) is 40.2 Å². The van der Waals surface area contributed by atoms with Crippen molar-refractivity contribution in [2.24, 2.45) is 10.2 Å². The number of nitrogens with zero attached hydrogens (tertiary/aromatic N) is 3. The Labute approximate surface area is 218 Å². The van der Waals surface area contributed by atoms with Crippen LogP contribution in [0.3, 0.4) is 0 Å². The Bertz CT molecular complexity index is 1450. The molecule has 0 aliphatic carbocycles. The van der Waals surface area contributed by atoms with Crippen LogP contribution in [0, 0.1) is 0 Å². The Morgan fingerprint density at radius 1 is 0.649 bits per heavy atom. The van der Waals surface area contributed by atoms with Gasteiger partial charge in [-0.05, 0) is 79.9 Å². The minimum Gasteiger partial charge on any atom is -0.340 e. The molecule has 0 saturated heterocycles. The van der Waals surface area contributed by atoms with Gasteiger partial charge in [-0.3, -0.25) is 10.9 Å². The van der Waals surface area contributed by atoms with Crippen LogP contribution in [0.5, 0.6) is 0 Å². The van der Waals surface area contributed by atoms with Crippen LogP contribution in [-0.4, -0.2) is 16.0 Å². The predicted molar refractivity (Wildman–Crippen MR) is 159 cm³/mol. The molecule has 1 heterocycles. The summed E-state index contributed by atoms with van der Waals surface area (Å²) in [5.74, 6) is 0. The van der Waals surface area contributed by atoms with E-state index in [-0.39, 0.29) is 0 Å². The molecule has 0 aliphatic rings. The van der Waals surface area contributed by atoms with E-state index in [4.69, 9.17) is 0 Å². The number of hydrazone groups is 2. The van der Waals surface area contributed by atoms with Gasteiger partial charge >= 0.3 is 0 Å². The minimum atomic E-state index is 0.946. The molecule has 0 saturated carbocycles. The van der Waals surface area contributed by atoms with Crippen molar-refractivity contribution in [2.75, 3.05) is 10.9 Å². The van der Waals surface area contributed by atoms with Crippen LogP contribution in [0.2, 0.25) is 0 Å². The van der Waals surface area contributed by atoms with Crippen LogP contribution in [0.25, 0.3) is 21.8 Å². The first-order valence-electron chi connectivity index (χ1n) is 12.9. The molecule has 186 valence electrons. The molecule has 0 amide bonds. The van der Waals surface area contributed by atoms with Gasteiger partial charge < -0.3 is 4.57 Å². The van der Waals surface area contributed by atoms with Gasteiger partial charge in [0.1, 0.15) is 0 Å². The number of hydrogen-bond donors (Lipinski definition) is 2. The molecule has 1 aromatic heterocycles. The van der Waals surface area contributed by atoms with E-state index >= 15 is 0 Å². The second-order valence-electron chi connectivity index (χ2n) is 9.32. The van der Waals surface area contributed by atoms with Crippen LogP contribution in [0.15, 0.2) is 107 Å². The van der Waals surface area contributed by atoms with E-state index < -0.39 is 0 Å². The largest absolute Gasteiger partial charge is 0.340 e. The first-order valence-corrected chi connectivity index (χ1v) is 12.9. The highest BCUT2D eigenvalue weighted by atomic mass is 15.3. The van der Waals surface area contributed by atoms with Gasteiger partial charge in [0, 0.05) is 28.4 Å². The van der Waals surface area contributed by atoms with E-state index in [1.165, 1.54) is 21.8 Å². The van der Waals surface area contributed by atoms with Gasteiger partial charge in [-0.15, -0.1) is 0 Å². The third-order valence-corrected chi connectivity index (χ3v) is 6.69. The molecular weight excluding hydrogens is 454 g/mol. The number of unbranched alkanes of at least 4 members (excludes halogenated alkanes) is 1. The van der Waals surface area contributed by atoms with Gasteiger partial charge in [-0.1, -0.05) is 61.9 Å². The number of anilines is 2. The van der Waals surface area contributed by atoms with Crippen LogP contribution >= 0.6 is 0 Å². The highest BCUT2D eigenvalue weighted by Gasteiger charge is 2.13. The molecule has 0 unspecified atom stereocenters. The predicted octanol–water partition coefficient (Wildman–Crippen LogP) is 8.27. The van der Waals surface area contributed by atoms with Gasteiger partial charge in [-0.2, -0.15) is 10.2 Å². The lowest BCUT2D eigenvalue weighted by Crippen LogP contribution is -2.01. The smallest absolute Gasteiger partial charge is 0.0648 e. The van der Waals surface area contributed by atoms with Crippen LogP contribution in [0.1, 0.15) is 44.7 Å². The molecular formula is C32H33N5. The summed E-state index contributed by atoms with van der Waals surface area (Å²) < 4.78 is 2.45. The number of rotatable bonds is 9. The van der Waals surface area contributed by atoms with Gasteiger partial charge in [0.2, 0.25) is 0 Å². The fraction of sp³-hybridized carbons (Fsp3) is 0.188. The van der Waals surface area contributed by atoms with Crippen LogP contribution < -0.4 is 10.9 Å². The minimum absolute atomic E-state index is 0.946. The average molecular weight is 488 g/mol. The van der Waals surface area contributed by atoms with Crippen molar-refractivity contribution in [3.05, 3.63) is 108 Å². The Balaban J connectivity index is 1.54. The summed E-state index contributed by atoms with van der Waals surface area (Å²) in [5, 5.41) is 11.8. The lowest BCUT2D eigenvalue weighted by molar-refractivity contribution is 0.665. The van der Waals surface area contributed by atoms with Gasteiger partial charge in [0.05, 0.1) is 22.8 Å². The Hall–Kier alpha value is -4.38. The first-order chi connectivity index (χ1) is 18.1. The molecule has 0 spiro atoms. The zero-order chi connectivity index (χ0) is 25.6. The molecule has 4 aromatic carbocycles. The van der Waals surface area contributed by atoms with Crippen LogP contribution in [0.4, 0.5) is 11.4 Å². The third kappa shape index (κ3) is 5.41. The fourth-order valence-corrected chi connectivity index (χ4v) is 4.56. The second-order valence-corrected chi connectivity index (χ2v) is 9.32. The number of fused-ring (bicyclic) bond motifs is 3. The zero-order valence-corrected chi connectivity index (χ0v) is 21.7. The van der Waals surface area contributed by atoms with E-state index in [0.717, 1.165) is 53.3 Å². The quantitative estimate of drug-likeness (QED) is 0.162. The summed E-state index contributed by atoms with van der Waals surface area (Å²) in [4.78, 5) is 0. The number of hydrogen-bond acceptors (Lipinski definition) is 4. The molecule has 0 radical (unpaired) electrons. The third-order valence-electron chi connectivity index (χ3n) is 6.69. The Morgan fingerprint density at radius 3 is 1.54 bits per heavy atom. The SMILES string of the molecule is CCCCn1c2ccc(/C(C)=N/Nc3ccccc3)cc2c2cc(/C(C)=N/Nc3ccccc3)ccc21. The van der Waals surface area contributed by atoms with E-state index in [1.54, 1.807) is 0 Å². The molecule has 5 nitrogen and oxygen atoms in total. The number of nitrogens with one attached hydrogen (secondary N) is 2. The maximum absolute atomic E-state index is 4.64. The van der Waals surface area contributed by atoms with Crippen molar-refractivity contribution < 1.29 is 0 Å². The summed E-state index contributed by atoms with van der Waals surface area (Å²) in [6, 6.07) is 33.4. The highest BCUT2D eigenvalue weighted by molar-refractivity contribution is 6.13. The van der Waals surface area contributed by atoms with Crippen molar-refractivity contribution in [1.82, 2.24) is 4.57 Å². The van der Waals surface area contributed by atoms with E-state index in [2.05, 4.69) is 68.9 Å². The Kier molecular flexibility index (Phi) is 7.31. The van der Waals surface area contributed by atoms with Gasteiger partial charge in [-0.25, -0.2) is 0 Å². The summed E-state index contributed by atoms with van der Waals surface area (Å²) in [6.07, 6.45) is 2.30. The van der Waals surface area contributed by atoms with E-state index in [1.807, 2.05) is 74.5 Å². The molecule has 5 heteroatoms. The number of aromatic nitrogens is 1. The monoisotopic (exact) mass is 487 g/mol. The number of aryl methyl sites for hydroxylation is 1. The molecule has 5 aromatic rings. The highest BCUT2D eigenvalue weighted by Crippen LogP contribution is 2.31. The Morgan fingerprint density at radius 2 is 1.11 bits per heavy atom. The lowest BCUT2D eigenvalue weighted by atomic mass is 10.0. The van der Waals surface area contributed by atoms with E-state index in [9.17, 15) is 0 Å². The standard InChI is InChI=1S/C32H33N5/c1-4-5-20-37-31-18-16-25(23(2)33-35-27-12-8-6-9-13-27)21-29(31)30-22-26(17-19-32(30)37)24(3)34-36-28-14-10-7-11-15-28/h6-19,21-22,35-36H,4-5,20H2,1-3H3/b33-23+,34-24+. The number of benzene rings is 4.